The number of fused-ring (bicyclic) bond motifs is 1. The molecule has 0 atom stereocenters. The van der Waals surface area contributed by atoms with Gasteiger partial charge in [0.15, 0.2) is 16.3 Å². The number of nitrogens with zero attached hydrogens (tertiary/aromatic N) is 2. The Balaban J connectivity index is 2.09. The third kappa shape index (κ3) is 2.22. The van der Waals surface area contributed by atoms with Crippen molar-refractivity contribution in [3.05, 3.63) is 43.5 Å². The molecule has 2 aromatic rings. The van der Waals surface area contributed by atoms with Crippen molar-refractivity contribution in [2.45, 2.75) is 13.5 Å². The standard InChI is InChI=1S/C14H14N2O3S/c1-2-19-11-7-9(3-4-10(11)17)8-12-13(18)16-6-5-15-14(16)20-12/h3-4,7-8,17H,2,5-6H2,1H3/b12-8-. The van der Waals surface area contributed by atoms with Crippen LogP contribution in [0.15, 0.2) is 28.0 Å². The van der Waals surface area contributed by atoms with E-state index >= 15 is 0 Å². The molecule has 0 spiro atoms. The van der Waals surface area contributed by atoms with E-state index in [1.165, 1.54) is 11.3 Å². The maximum absolute atomic E-state index is 12.1. The normalized spacial score (nSPS) is 14.2. The smallest absolute Gasteiger partial charge is 0.270 e. The predicted molar refractivity (Wildman–Crippen MR) is 77.1 cm³/mol. The molecule has 2 heterocycles. The minimum Gasteiger partial charge on any atom is -0.504 e. The van der Waals surface area contributed by atoms with Crippen molar-refractivity contribution in [1.82, 2.24) is 4.57 Å². The summed E-state index contributed by atoms with van der Waals surface area (Å²) in [6.07, 6.45) is 1.80. The molecule has 0 radical (unpaired) electrons. The van der Waals surface area contributed by atoms with Crippen molar-refractivity contribution in [3.63, 3.8) is 0 Å². The van der Waals surface area contributed by atoms with Crippen LogP contribution in [0.4, 0.5) is 0 Å². The lowest BCUT2D eigenvalue weighted by Gasteiger charge is -2.05. The topological polar surface area (TPSA) is 63.8 Å². The number of phenols is 1. The summed E-state index contributed by atoms with van der Waals surface area (Å²) in [5.74, 6) is 0.527. The monoisotopic (exact) mass is 290 g/mol. The highest BCUT2D eigenvalue weighted by Crippen LogP contribution is 2.26. The van der Waals surface area contributed by atoms with Crippen LogP contribution in [0.2, 0.25) is 0 Å². The molecule has 20 heavy (non-hydrogen) atoms. The molecule has 1 aliphatic rings. The van der Waals surface area contributed by atoms with Crippen LogP contribution in [-0.2, 0) is 6.54 Å². The van der Waals surface area contributed by atoms with Gasteiger partial charge in [-0.05, 0) is 30.7 Å². The highest BCUT2D eigenvalue weighted by molar-refractivity contribution is 7.07. The van der Waals surface area contributed by atoms with E-state index in [1.807, 2.05) is 6.92 Å². The van der Waals surface area contributed by atoms with E-state index in [9.17, 15) is 9.90 Å². The molecule has 0 aliphatic carbocycles. The van der Waals surface area contributed by atoms with Crippen molar-refractivity contribution in [2.75, 3.05) is 13.2 Å². The third-order valence-corrected chi connectivity index (χ3v) is 4.08. The maximum atomic E-state index is 12.1. The predicted octanol–water partition coefficient (Wildman–Crippen LogP) is 0.476. The summed E-state index contributed by atoms with van der Waals surface area (Å²) in [4.78, 5) is 17.2. The number of phenolic OH excluding ortho intramolecular Hbond substituents is 1. The Morgan fingerprint density at radius 1 is 1.55 bits per heavy atom. The van der Waals surface area contributed by atoms with Gasteiger partial charge >= 0.3 is 0 Å². The lowest BCUT2D eigenvalue weighted by atomic mass is 10.2. The van der Waals surface area contributed by atoms with Gasteiger partial charge in [0.25, 0.3) is 5.56 Å². The molecule has 6 heteroatoms. The van der Waals surface area contributed by atoms with Crippen LogP contribution in [0, 0.1) is 0 Å². The summed E-state index contributed by atoms with van der Waals surface area (Å²) in [6, 6.07) is 5.05. The summed E-state index contributed by atoms with van der Waals surface area (Å²) in [5, 5.41) is 9.67. The van der Waals surface area contributed by atoms with Crippen LogP contribution in [0.25, 0.3) is 6.08 Å². The molecule has 0 saturated heterocycles. The third-order valence-electron chi connectivity index (χ3n) is 3.04. The second-order valence-corrected chi connectivity index (χ2v) is 5.40. The Morgan fingerprint density at radius 2 is 2.40 bits per heavy atom. The van der Waals surface area contributed by atoms with Crippen LogP contribution >= 0.6 is 11.3 Å². The molecule has 1 N–H and O–H groups in total. The number of aromatic hydroxyl groups is 1. The molecular weight excluding hydrogens is 276 g/mol. The SMILES string of the molecule is CCOc1cc(/C=c2\sc3n(c2=O)CCN=3)ccc1O. The van der Waals surface area contributed by atoms with Crippen molar-refractivity contribution in [3.8, 4) is 11.5 Å². The van der Waals surface area contributed by atoms with Gasteiger partial charge in [-0.25, -0.2) is 0 Å². The fourth-order valence-electron chi connectivity index (χ4n) is 2.11. The van der Waals surface area contributed by atoms with Gasteiger partial charge in [-0.1, -0.05) is 17.4 Å². The second-order valence-electron chi connectivity index (χ2n) is 4.39. The van der Waals surface area contributed by atoms with Crippen molar-refractivity contribution in [2.24, 2.45) is 4.99 Å². The zero-order chi connectivity index (χ0) is 14.1. The van der Waals surface area contributed by atoms with Crippen molar-refractivity contribution in [1.29, 1.82) is 0 Å². The quantitative estimate of drug-likeness (QED) is 0.894. The first-order valence-electron chi connectivity index (χ1n) is 6.40. The van der Waals surface area contributed by atoms with Gasteiger partial charge in [0.05, 0.1) is 17.7 Å². The van der Waals surface area contributed by atoms with E-state index in [1.54, 1.807) is 28.8 Å². The summed E-state index contributed by atoms with van der Waals surface area (Å²) in [7, 11) is 0. The second kappa shape index (κ2) is 5.13. The first-order chi connectivity index (χ1) is 9.69. The van der Waals surface area contributed by atoms with E-state index in [-0.39, 0.29) is 11.3 Å². The number of hydrogen-bond acceptors (Lipinski definition) is 5. The summed E-state index contributed by atoms with van der Waals surface area (Å²) in [5.41, 5.74) is 0.821. The summed E-state index contributed by atoms with van der Waals surface area (Å²) in [6.45, 7) is 3.69. The molecule has 0 unspecified atom stereocenters. The fraction of sp³-hybridized carbons (Fsp3) is 0.286. The first kappa shape index (κ1) is 12.9. The molecule has 0 amide bonds. The molecule has 5 nitrogen and oxygen atoms in total. The summed E-state index contributed by atoms with van der Waals surface area (Å²) < 4.78 is 7.68. The largest absolute Gasteiger partial charge is 0.504 e. The number of rotatable bonds is 3. The van der Waals surface area contributed by atoms with E-state index in [0.717, 1.165) is 10.4 Å². The average molecular weight is 290 g/mol. The Labute approximate surface area is 119 Å². The van der Waals surface area contributed by atoms with Crippen molar-refractivity contribution >= 4 is 17.4 Å². The van der Waals surface area contributed by atoms with Gasteiger partial charge in [-0.2, -0.15) is 0 Å². The summed E-state index contributed by atoms with van der Waals surface area (Å²) >= 11 is 1.39. The highest BCUT2D eigenvalue weighted by atomic mass is 32.1. The van der Waals surface area contributed by atoms with Crippen LogP contribution < -0.4 is 19.6 Å². The maximum Gasteiger partial charge on any atom is 0.270 e. The Kier molecular flexibility index (Phi) is 3.31. The minimum absolute atomic E-state index is 0.00251. The van der Waals surface area contributed by atoms with E-state index in [4.69, 9.17) is 4.74 Å². The van der Waals surface area contributed by atoms with Crippen LogP contribution in [0.3, 0.4) is 0 Å². The number of benzene rings is 1. The number of thiazole rings is 1. The van der Waals surface area contributed by atoms with E-state index in [0.29, 0.717) is 30.0 Å². The van der Waals surface area contributed by atoms with Crippen LogP contribution in [0.5, 0.6) is 11.5 Å². The number of hydrogen-bond donors (Lipinski definition) is 1. The van der Waals surface area contributed by atoms with Crippen LogP contribution in [-0.4, -0.2) is 22.8 Å². The molecule has 0 bridgehead atoms. The Hall–Kier alpha value is -2.08. The van der Waals surface area contributed by atoms with E-state index < -0.39 is 0 Å². The zero-order valence-electron chi connectivity index (χ0n) is 11.0. The van der Waals surface area contributed by atoms with Gasteiger partial charge in [0.1, 0.15) is 0 Å². The molecule has 0 saturated carbocycles. The molecule has 1 aromatic heterocycles. The van der Waals surface area contributed by atoms with Gasteiger partial charge in [-0.15, -0.1) is 0 Å². The molecule has 1 aliphatic heterocycles. The average Bonchev–Trinajstić information content (AvgIpc) is 2.99. The lowest BCUT2D eigenvalue weighted by molar-refractivity contribution is 0.318. The van der Waals surface area contributed by atoms with Crippen molar-refractivity contribution < 1.29 is 9.84 Å². The fourth-order valence-corrected chi connectivity index (χ4v) is 3.14. The lowest BCUT2D eigenvalue weighted by Crippen LogP contribution is -2.29. The Bertz CT molecular complexity index is 820. The minimum atomic E-state index is -0.00251. The van der Waals surface area contributed by atoms with Crippen LogP contribution in [0.1, 0.15) is 12.5 Å². The molecule has 0 fully saturated rings. The number of ether oxygens (including phenoxy) is 1. The Morgan fingerprint density at radius 3 is 3.15 bits per heavy atom. The number of aromatic nitrogens is 1. The molecule has 104 valence electrons. The van der Waals surface area contributed by atoms with Gasteiger partial charge in [-0.3, -0.25) is 14.4 Å². The van der Waals surface area contributed by atoms with Gasteiger partial charge in [0.2, 0.25) is 0 Å². The highest BCUT2D eigenvalue weighted by Gasteiger charge is 2.10. The van der Waals surface area contributed by atoms with E-state index in [2.05, 4.69) is 4.99 Å². The molecule has 1 aromatic carbocycles. The zero-order valence-corrected chi connectivity index (χ0v) is 11.8. The van der Waals surface area contributed by atoms with Gasteiger partial charge < -0.3 is 9.84 Å². The first-order valence-corrected chi connectivity index (χ1v) is 7.22. The molecular formula is C14H14N2O3S. The van der Waals surface area contributed by atoms with Gasteiger partial charge in [0, 0.05) is 6.54 Å². The molecule has 3 rings (SSSR count).